The number of halogens is 2. The number of nitrogens with zero attached hydrogens (tertiary/aromatic N) is 2. The highest BCUT2D eigenvalue weighted by atomic mass is 35.5. The first-order valence-electron chi connectivity index (χ1n) is 11.6. The quantitative estimate of drug-likeness (QED) is 0.539. The van der Waals surface area contributed by atoms with Crippen LogP contribution < -0.4 is 5.32 Å². The van der Waals surface area contributed by atoms with Gasteiger partial charge in [0, 0.05) is 30.2 Å². The standard InChI is InChI=1S/C25H31ClFN3O4S/c1-18(25(32)28-21-9-4-3-5-10-21)30(16-19-8-6-7-11-23(19)27)24(31)17-29(2)35(33,34)22-14-12-20(26)13-15-22/h6-8,11-15,18,21H,3-5,9-10,16-17H2,1-2H3,(H,28,32)/t18-/m1/s1. The van der Waals surface area contributed by atoms with Gasteiger partial charge in [-0.15, -0.1) is 0 Å². The topological polar surface area (TPSA) is 86.8 Å². The number of carbonyl (C=O) groups is 2. The molecule has 35 heavy (non-hydrogen) atoms. The zero-order chi connectivity index (χ0) is 25.6. The van der Waals surface area contributed by atoms with Crippen molar-refractivity contribution < 1.29 is 22.4 Å². The van der Waals surface area contributed by atoms with E-state index in [4.69, 9.17) is 11.6 Å². The summed E-state index contributed by atoms with van der Waals surface area (Å²) in [5.41, 5.74) is 0.237. The van der Waals surface area contributed by atoms with Crippen molar-refractivity contribution in [1.82, 2.24) is 14.5 Å². The Morgan fingerprint density at radius 2 is 1.71 bits per heavy atom. The van der Waals surface area contributed by atoms with Gasteiger partial charge < -0.3 is 10.2 Å². The van der Waals surface area contributed by atoms with Crippen molar-refractivity contribution in [2.24, 2.45) is 0 Å². The SMILES string of the molecule is C[C@H](C(=O)NC1CCCCC1)N(Cc1ccccc1F)C(=O)CN(C)S(=O)(=O)c1ccc(Cl)cc1. The first-order valence-corrected chi connectivity index (χ1v) is 13.5. The van der Waals surface area contributed by atoms with Crippen LogP contribution in [0, 0.1) is 5.82 Å². The van der Waals surface area contributed by atoms with Crippen molar-refractivity contribution in [3.8, 4) is 0 Å². The second kappa shape index (κ2) is 12.0. The van der Waals surface area contributed by atoms with Gasteiger partial charge in [0.25, 0.3) is 0 Å². The lowest BCUT2D eigenvalue weighted by atomic mass is 9.95. The van der Waals surface area contributed by atoms with Crippen molar-refractivity contribution in [1.29, 1.82) is 0 Å². The number of sulfonamides is 1. The molecule has 0 saturated heterocycles. The van der Waals surface area contributed by atoms with Crippen LogP contribution in [0.15, 0.2) is 53.4 Å². The van der Waals surface area contributed by atoms with Crippen molar-refractivity contribution in [2.45, 2.75) is 62.6 Å². The summed E-state index contributed by atoms with van der Waals surface area (Å²) in [7, 11) is -2.69. The number of amides is 2. The Morgan fingerprint density at radius 3 is 2.34 bits per heavy atom. The van der Waals surface area contributed by atoms with Gasteiger partial charge in [0.05, 0.1) is 11.4 Å². The molecule has 0 spiro atoms. The van der Waals surface area contributed by atoms with Gasteiger partial charge in [0.15, 0.2) is 0 Å². The molecule has 2 amide bonds. The molecule has 1 atom stereocenters. The fraction of sp³-hybridized carbons (Fsp3) is 0.440. The van der Waals surface area contributed by atoms with Crippen LogP contribution in [0.4, 0.5) is 4.39 Å². The summed E-state index contributed by atoms with van der Waals surface area (Å²) < 4.78 is 41.2. The van der Waals surface area contributed by atoms with Crippen LogP contribution in [0.5, 0.6) is 0 Å². The molecular formula is C25H31ClFN3O4S. The van der Waals surface area contributed by atoms with E-state index in [1.54, 1.807) is 13.0 Å². The Bertz CT molecular complexity index is 1140. The number of hydrogen-bond donors (Lipinski definition) is 1. The third-order valence-electron chi connectivity index (χ3n) is 6.30. The van der Waals surface area contributed by atoms with Crippen molar-refractivity contribution >= 4 is 33.4 Å². The van der Waals surface area contributed by atoms with Gasteiger partial charge in [-0.3, -0.25) is 9.59 Å². The van der Waals surface area contributed by atoms with Gasteiger partial charge in [0.1, 0.15) is 11.9 Å². The molecule has 0 bridgehead atoms. The molecule has 1 aliphatic rings. The molecule has 1 saturated carbocycles. The molecular weight excluding hydrogens is 493 g/mol. The molecule has 190 valence electrons. The van der Waals surface area contributed by atoms with E-state index in [2.05, 4.69) is 5.32 Å². The molecule has 0 aromatic heterocycles. The number of hydrogen-bond acceptors (Lipinski definition) is 4. The largest absolute Gasteiger partial charge is 0.352 e. The highest BCUT2D eigenvalue weighted by Gasteiger charge is 2.31. The van der Waals surface area contributed by atoms with E-state index in [9.17, 15) is 22.4 Å². The van der Waals surface area contributed by atoms with E-state index in [0.29, 0.717) is 5.02 Å². The maximum Gasteiger partial charge on any atom is 0.243 e. The van der Waals surface area contributed by atoms with Crippen molar-refractivity contribution in [3.05, 3.63) is 64.9 Å². The van der Waals surface area contributed by atoms with Crippen LogP contribution in [0.3, 0.4) is 0 Å². The molecule has 0 unspecified atom stereocenters. The summed E-state index contributed by atoms with van der Waals surface area (Å²) in [5, 5.41) is 3.38. The smallest absolute Gasteiger partial charge is 0.243 e. The zero-order valence-electron chi connectivity index (χ0n) is 19.9. The summed E-state index contributed by atoms with van der Waals surface area (Å²) in [6.45, 7) is 0.894. The monoisotopic (exact) mass is 523 g/mol. The number of nitrogens with one attached hydrogen (secondary N) is 1. The van der Waals surface area contributed by atoms with Crippen molar-refractivity contribution in [3.63, 3.8) is 0 Å². The van der Waals surface area contributed by atoms with Crippen LogP contribution in [-0.4, -0.2) is 55.1 Å². The molecule has 7 nitrogen and oxygen atoms in total. The first-order chi connectivity index (χ1) is 16.6. The molecule has 1 fully saturated rings. The number of likely N-dealkylation sites (N-methyl/N-ethyl adjacent to an activating group) is 1. The maximum atomic E-state index is 14.4. The Hall–Kier alpha value is -2.49. The molecule has 10 heteroatoms. The minimum atomic E-state index is -3.98. The first kappa shape index (κ1) is 27.1. The van der Waals surface area contributed by atoms with Gasteiger partial charge >= 0.3 is 0 Å². The van der Waals surface area contributed by atoms with Crippen LogP contribution in [0.2, 0.25) is 5.02 Å². The predicted octanol–water partition coefficient (Wildman–Crippen LogP) is 3.97. The lowest BCUT2D eigenvalue weighted by molar-refractivity contribution is -0.141. The van der Waals surface area contributed by atoms with E-state index in [-0.39, 0.29) is 29.0 Å². The average molecular weight is 524 g/mol. The Kier molecular flexibility index (Phi) is 9.27. The van der Waals surface area contributed by atoms with Crippen LogP contribution in [0.1, 0.15) is 44.6 Å². The fourth-order valence-corrected chi connectivity index (χ4v) is 5.36. The zero-order valence-corrected chi connectivity index (χ0v) is 21.5. The summed E-state index contributed by atoms with van der Waals surface area (Å²) in [4.78, 5) is 27.6. The molecule has 2 aromatic rings. The lowest BCUT2D eigenvalue weighted by Gasteiger charge is -2.32. The van der Waals surface area contributed by atoms with Crippen LogP contribution >= 0.6 is 11.6 Å². The van der Waals surface area contributed by atoms with Gasteiger partial charge in [-0.05, 0) is 50.1 Å². The summed E-state index contributed by atoms with van der Waals surface area (Å²) in [5.74, 6) is -1.46. The van der Waals surface area contributed by atoms with Crippen LogP contribution in [0.25, 0.3) is 0 Å². The summed E-state index contributed by atoms with van der Waals surface area (Å²) in [6, 6.07) is 10.7. The second-order valence-corrected chi connectivity index (χ2v) is 11.3. The number of benzene rings is 2. The van der Waals surface area contributed by atoms with E-state index >= 15 is 0 Å². The molecule has 1 N–H and O–H groups in total. The molecule has 0 radical (unpaired) electrons. The third kappa shape index (κ3) is 7.02. The average Bonchev–Trinajstić information content (AvgIpc) is 2.84. The molecule has 0 heterocycles. The molecule has 1 aliphatic carbocycles. The Balaban J connectivity index is 1.80. The van der Waals surface area contributed by atoms with Crippen LogP contribution in [-0.2, 0) is 26.2 Å². The summed E-state index contributed by atoms with van der Waals surface area (Å²) >= 11 is 5.85. The van der Waals surface area contributed by atoms with Gasteiger partial charge in [-0.2, -0.15) is 4.31 Å². The molecule has 0 aliphatic heterocycles. The van der Waals surface area contributed by atoms with E-state index in [1.165, 1.54) is 54.4 Å². The number of rotatable bonds is 9. The Labute approximate surface area is 211 Å². The molecule has 2 aromatic carbocycles. The fourth-order valence-electron chi connectivity index (χ4n) is 4.11. The van der Waals surface area contributed by atoms with Gasteiger partial charge in [-0.1, -0.05) is 49.1 Å². The second-order valence-electron chi connectivity index (χ2n) is 8.85. The highest BCUT2D eigenvalue weighted by molar-refractivity contribution is 7.89. The third-order valence-corrected chi connectivity index (χ3v) is 8.37. The van der Waals surface area contributed by atoms with Gasteiger partial charge in [-0.25, -0.2) is 12.8 Å². The predicted molar refractivity (Wildman–Crippen MR) is 133 cm³/mol. The van der Waals surface area contributed by atoms with Gasteiger partial charge in [0.2, 0.25) is 21.8 Å². The number of carbonyl (C=O) groups excluding carboxylic acids is 2. The minimum Gasteiger partial charge on any atom is -0.352 e. The molecule has 3 rings (SSSR count). The van der Waals surface area contributed by atoms with E-state index in [0.717, 1.165) is 36.4 Å². The van der Waals surface area contributed by atoms with E-state index < -0.39 is 34.3 Å². The lowest BCUT2D eigenvalue weighted by Crippen LogP contribution is -2.52. The maximum absolute atomic E-state index is 14.4. The normalized spacial score (nSPS) is 15.6. The highest BCUT2D eigenvalue weighted by Crippen LogP contribution is 2.20. The minimum absolute atomic E-state index is 0.0130. The Morgan fingerprint density at radius 1 is 1.09 bits per heavy atom. The van der Waals surface area contributed by atoms with E-state index in [1.807, 2.05) is 0 Å². The summed E-state index contributed by atoms with van der Waals surface area (Å²) in [6.07, 6.45) is 4.95. The van der Waals surface area contributed by atoms with Crippen molar-refractivity contribution in [2.75, 3.05) is 13.6 Å².